The van der Waals surface area contributed by atoms with Crippen LogP contribution in [0.2, 0.25) is 0 Å². The second kappa shape index (κ2) is 5.13. The van der Waals surface area contributed by atoms with Crippen LogP contribution < -0.4 is 9.84 Å². The average molecular weight is 256 g/mol. The van der Waals surface area contributed by atoms with E-state index in [0.29, 0.717) is 18.0 Å². The second-order valence-electron chi connectivity index (χ2n) is 3.31. The fourth-order valence-electron chi connectivity index (χ4n) is 1.31. The van der Waals surface area contributed by atoms with E-state index in [-0.39, 0.29) is 0 Å². The van der Waals surface area contributed by atoms with E-state index in [1.54, 1.807) is 36.3 Å². The first-order chi connectivity index (χ1) is 8.16. The summed E-state index contributed by atoms with van der Waals surface area (Å²) >= 11 is -2.18. The number of rotatable bonds is 5. The van der Waals surface area contributed by atoms with E-state index in [4.69, 9.17) is 4.42 Å². The lowest BCUT2D eigenvalue weighted by molar-refractivity contribution is 0.482. The number of anilines is 1. The summed E-state index contributed by atoms with van der Waals surface area (Å²) in [5.41, 5.74) is 3.29. The van der Waals surface area contributed by atoms with Gasteiger partial charge in [0.15, 0.2) is 0 Å². The molecular formula is C9H12N4O3S. The zero-order valence-corrected chi connectivity index (χ0v) is 9.92. The minimum Gasteiger partial charge on any atom is -0.468 e. The number of aromatic nitrogens is 2. The van der Waals surface area contributed by atoms with Crippen LogP contribution in [0.5, 0.6) is 0 Å². The second-order valence-corrected chi connectivity index (χ2v) is 4.14. The minimum atomic E-state index is -2.18. The Kier molecular flexibility index (Phi) is 3.57. The molecule has 0 aliphatic heterocycles. The third kappa shape index (κ3) is 2.93. The third-order valence-electron chi connectivity index (χ3n) is 2.06. The van der Waals surface area contributed by atoms with Crippen LogP contribution in [0.25, 0.3) is 0 Å². The Morgan fingerprint density at radius 1 is 1.71 bits per heavy atom. The molecule has 1 unspecified atom stereocenters. The molecule has 0 fully saturated rings. The molecule has 0 aromatic carbocycles. The fourth-order valence-corrected chi connectivity index (χ4v) is 1.76. The van der Waals surface area contributed by atoms with Gasteiger partial charge in [-0.05, 0) is 12.1 Å². The number of aryl methyl sites for hydroxylation is 1. The molecular weight excluding hydrogens is 244 g/mol. The molecule has 0 saturated carbocycles. The molecule has 0 saturated heterocycles. The van der Waals surface area contributed by atoms with Crippen molar-refractivity contribution in [1.29, 1.82) is 0 Å². The normalized spacial score (nSPS) is 12.6. The number of furan rings is 1. The van der Waals surface area contributed by atoms with Crippen LogP contribution in [0.4, 0.5) is 5.69 Å². The van der Waals surface area contributed by atoms with Gasteiger partial charge in [-0.1, -0.05) is 0 Å². The maximum Gasteiger partial charge on any atom is 0.276 e. The van der Waals surface area contributed by atoms with Gasteiger partial charge in [-0.25, -0.2) is 9.63 Å². The first kappa shape index (κ1) is 11.8. The van der Waals surface area contributed by atoms with Gasteiger partial charge in [0.1, 0.15) is 11.4 Å². The van der Waals surface area contributed by atoms with Crippen molar-refractivity contribution in [2.45, 2.75) is 6.54 Å². The standard InChI is InChI=1S/C9H12N4O3S/c1-12-7-8(5-10-12)13(17(14)15)11-6-9-3-2-4-16-9/h2-5,7,11H,6H2,1H3,(H,14,15). The number of hydrogen-bond donors (Lipinski definition) is 2. The molecule has 0 bridgehead atoms. The molecule has 2 N–H and O–H groups in total. The molecule has 1 atom stereocenters. The van der Waals surface area contributed by atoms with Gasteiger partial charge < -0.3 is 4.42 Å². The van der Waals surface area contributed by atoms with Crippen molar-refractivity contribution >= 4 is 17.0 Å². The van der Waals surface area contributed by atoms with Gasteiger partial charge in [-0.15, -0.1) is 0 Å². The van der Waals surface area contributed by atoms with E-state index in [9.17, 15) is 8.76 Å². The van der Waals surface area contributed by atoms with Crippen LogP contribution in [0, 0.1) is 0 Å². The molecule has 2 heterocycles. The molecule has 0 aliphatic carbocycles. The quantitative estimate of drug-likeness (QED) is 0.606. The Bertz CT molecular complexity index is 496. The molecule has 2 aromatic rings. The molecule has 0 aliphatic rings. The highest BCUT2D eigenvalue weighted by Crippen LogP contribution is 2.12. The SMILES string of the molecule is Cn1cc(N(NCc2ccco2)S(=O)O)cn1. The number of nitrogens with one attached hydrogen (secondary N) is 1. The molecule has 7 nitrogen and oxygen atoms in total. The van der Waals surface area contributed by atoms with Gasteiger partial charge in [0.2, 0.25) is 0 Å². The summed E-state index contributed by atoms with van der Waals surface area (Å²) in [7, 11) is 1.73. The molecule has 8 heteroatoms. The van der Waals surface area contributed by atoms with Crippen LogP contribution in [0.15, 0.2) is 35.2 Å². The lowest BCUT2D eigenvalue weighted by Gasteiger charge is -2.17. The fraction of sp³-hybridized carbons (Fsp3) is 0.222. The topological polar surface area (TPSA) is 83.5 Å². The van der Waals surface area contributed by atoms with E-state index >= 15 is 0 Å². The minimum absolute atomic E-state index is 0.314. The molecule has 2 aromatic heterocycles. The van der Waals surface area contributed by atoms with Crippen molar-refractivity contribution < 1.29 is 13.2 Å². The van der Waals surface area contributed by atoms with Crippen LogP contribution >= 0.6 is 0 Å². The lowest BCUT2D eigenvalue weighted by Crippen LogP contribution is -2.38. The van der Waals surface area contributed by atoms with E-state index < -0.39 is 11.3 Å². The zero-order chi connectivity index (χ0) is 12.3. The number of hydrogen-bond acceptors (Lipinski definition) is 4. The maximum absolute atomic E-state index is 11.2. The Morgan fingerprint density at radius 3 is 3.06 bits per heavy atom. The van der Waals surface area contributed by atoms with Crippen molar-refractivity contribution in [2.24, 2.45) is 7.05 Å². The molecule has 92 valence electrons. The molecule has 0 amide bonds. The summed E-state index contributed by atoms with van der Waals surface area (Å²) in [6.07, 6.45) is 4.66. The Labute approximate surface area is 100 Å². The summed E-state index contributed by atoms with van der Waals surface area (Å²) in [5, 5.41) is 3.93. The summed E-state index contributed by atoms with van der Waals surface area (Å²) in [6, 6.07) is 3.52. The highest BCUT2D eigenvalue weighted by atomic mass is 32.2. The Hall–Kier alpha value is -1.64. The average Bonchev–Trinajstić information content (AvgIpc) is 2.90. The first-order valence-corrected chi connectivity index (χ1v) is 5.89. The van der Waals surface area contributed by atoms with Crippen LogP contribution in [0.3, 0.4) is 0 Å². The summed E-state index contributed by atoms with van der Waals surface area (Å²) < 4.78 is 28.1. The van der Waals surface area contributed by atoms with Gasteiger partial charge in [-0.3, -0.25) is 9.23 Å². The van der Waals surface area contributed by atoms with E-state index in [1.807, 2.05) is 0 Å². The predicted octanol–water partition coefficient (Wildman–Crippen LogP) is 0.661. The third-order valence-corrected chi connectivity index (χ3v) is 2.71. The summed E-state index contributed by atoms with van der Waals surface area (Å²) in [5.74, 6) is 0.671. The number of hydrazine groups is 1. The van der Waals surface area contributed by atoms with Gasteiger partial charge in [0.25, 0.3) is 11.3 Å². The van der Waals surface area contributed by atoms with Gasteiger partial charge >= 0.3 is 0 Å². The van der Waals surface area contributed by atoms with Crippen molar-refractivity contribution in [3.8, 4) is 0 Å². The van der Waals surface area contributed by atoms with Gasteiger partial charge in [0.05, 0.1) is 25.2 Å². The highest BCUT2D eigenvalue weighted by Gasteiger charge is 2.14. The molecule has 2 rings (SSSR count). The Balaban J connectivity index is 2.05. The zero-order valence-electron chi connectivity index (χ0n) is 9.11. The van der Waals surface area contributed by atoms with E-state index in [2.05, 4.69) is 10.5 Å². The van der Waals surface area contributed by atoms with Crippen LogP contribution in [-0.2, 0) is 24.9 Å². The smallest absolute Gasteiger partial charge is 0.276 e. The lowest BCUT2D eigenvalue weighted by atomic mass is 10.5. The van der Waals surface area contributed by atoms with Gasteiger partial charge in [0, 0.05) is 7.05 Å². The van der Waals surface area contributed by atoms with Crippen LogP contribution in [0.1, 0.15) is 5.76 Å². The summed E-state index contributed by atoms with van der Waals surface area (Å²) in [4.78, 5) is 0. The largest absolute Gasteiger partial charge is 0.468 e. The maximum atomic E-state index is 11.2. The molecule has 0 spiro atoms. The summed E-state index contributed by atoms with van der Waals surface area (Å²) in [6.45, 7) is 0.314. The van der Waals surface area contributed by atoms with Crippen molar-refractivity contribution in [3.05, 3.63) is 36.5 Å². The van der Waals surface area contributed by atoms with Crippen molar-refractivity contribution in [2.75, 3.05) is 4.41 Å². The van der Waals surface area contributed by atoms with Crippen LogP contribution in [-0.4, -0.2) is 18.5 Å². The highest BCUT2D eigenvalue weighted by molar-refractivity contribution is 7.80. The first-order valence-electron chi connectivity index (χ1n) is 4.82. The number of nitrogens with zero attached hydrogens (tertiary/aromatic N) is 3. The molecule has 0 radical (unpaired) electrons. The van der Waals surface area contributed by atoms with Crippen molar-refractivity contribution in [3.63, 3.8) is 0 Å². The van der Waals surface area contributed by atoms with E-state index in [0.717, 1.165) is 4.41 Å². The molecule has 17 heavy (non-hydrogen) atoms. The van der Waals surface area contributed by atoms with Gasteiger partial charge in [-0.2, -0.15) is 9.51 Å². The van der Waals surface area contributed by atoms with Crippen molar-refractivity contribution in [1.82, 2.24) is 15.2 Å². The predicted molar refractivity (Wildman–Crippen MR) is 62.0 cm³/mol. The Morgan fingerprint density at radius 2 is 2.53 bits per heavy atom. The monoisotopic (exact) mass is 256 g/mol. The van der Waals surface area contributed by atoms with E-state index in [1.165, 1.54) is 6.20 Å².